The SMILES string of the molecule is NC(=S)c1ccc(NCc2cc(Br)cs2)cn1. The molecule has 0 aliphatic rings. The smallest absolute Gasteiger partial charge is 0.122 e. The number of nitrogens with two attached hydrogens (primary N) is 1. The van der Waals surface area contributed by atoms with Gasteiger partial charge >= 0.3 is 0 Å². The summed E-state index contributed by atoms with van der Waals surface area (Å²) in [6.07, 6.45) is 1.73. The molecule has 2 aromatic heterocycles. The van der Waals surface area contributed by atoms with Gasteiger partial charge in [0.15, 0.2) is 0 Å². The lowest BCUT2D eigenvalue weighted by Gasteiger charge is -2.04. The van der Waals surface area contributed by atoms with Gasteiger partial charge in [-0.05, 0) is 34.1 Å². The van der Waals surface area contributed by atoms with Crippen molar-refractivity contribution in [3.63, 3.8) is 0 Å². The molecule has 0 saturated heterocycles. The van der Waals surface area contributed by atoms with Crippen LogP contribution in [0, 0.1) is 0 Å². The Balaban J connectivity index is 1.97. The molecule has 0 bridgehead atoms. The molecule has 0 amide bonds. The molecule has 0 aliphatic heterocycles. The van der Waals surface area contributed by atoms with Crippen LogP contribution in [-0.4, -0.2) is 9.97 Å². The van der Waals surface area contributed by atoms with Crippen LogP contribution in [0.1, 0.15) is 10.6 Å². The van der Waals surface area contributed by atoms with E-state index in [1.807, 2.05) is 12.1 Å². The van der Waals surface area contributed by atoms with E-state index in [-0.39, 0.29) is 0 Å². The molecular weight excluding hydrogens is 318 g/mol. The first kappa shape index (κ1) is 12.5. The Bertz CT molecular complexity index is 522. The molecule has 88 valence electrons. The summed E-state index contributed by atoms with van der Waals surface area (Å²) >= 11 is 9.97. The fourth-order valence-electron chi connectivity index (χ4n) is 1.28. The van der Waals surface area contributed by atoms with Gasteiger partial charge in [0, 0.05) is 21.3 Å². The van der Waals surface area contributed by atoms with Crippen molar-refractivity contribution in [3.8, 4) is 0 Å². The lowest BCUT2D eigenvalue weighted by Crippen LogP contribution is -2.11. The van der Waals surface area contributed by atoms with Gasteiger partial charge in [0.2, 0.25) is 0 Å². The van der Waals surface area contributed by atoms with Gasteiger partial charge in [-0.3, -0.25) is 4.98 Å². The summed E-state index contributed by atoms with van der Waals surface area (Å²) < 4.78 is 1.11. The van der Waals surface area contributed by atoms with E-state index in [1.165, 1.54) is 4.88 Å². The highest BCUT2D eigenvalue weighted by atomic mass is 79.9. The third-order valence-electron chi connectivity index (χ3n) is 2.10. The number of aromatic nitrogens is 1. The van der Waals surface area contributed by atoms with E-state index in [0.717, 1.165) is 16.7 Å². The van der Waals surface area contributed by atoms with Crippen LogP contribution in [0.4, 0.5) is 5.69 Å². The molecule has 0 radical (unpaired) electrons. The monoisotopic (exact) mass is 327 g/mol. The molecule has 0 atom stereocenters. The number of rotatable bonds is 4. The molecule has 0 saturated carbocycles. The van der Waals surface area contributed by atoms with Crippen LogP contribution >= 0.6 is 39.5 Å². The highest BCUT2D eigenvalue weighted by molar-refractivity contribution is 9.10. The second-order valence-electron chi connectivity index (χ2n) is 3.38. The summed E-state index contributed by atoms with van der Waals surface area (Å²) in [5.41, 5.74) is 7.07. The van der Waals surface area contributed by atoms with Crippen LogP contribution in [0.15, 0.2) is 34.2 Å². The zero-order valence-electron chi connectivity index (χ0n) is 8.81. The number of hydrogen-bond donors (Lipinski definition) is 2. The molecule has 3 N–H and O–H groups in total. The van der Waals surface area contributed by atoms with E-state index in [0.29, 0.717) is 10.7 Å². The summed E-state index contributed by atoms with van der Waals surface area (Å²) in [5, 5.41) is 5.34. The van der Waals surface area contributed by atoms with Crippen molar-refractivity contribution >= 4 is 50.2 Å². The predicted molar refractivity (Wildman–Crippen MR) is 79.5 cm³/mol. The molecule has 2 rings (SSSR count). The van der Waals surface area contributed by atoms with Gasteiger partial charge in [0.25, 0.3) is 0 Å². The van der Waals surface area contributed by atoms with Crippen LogP contribution in [0.2, 0.25) is 0 Å². The zero-order chi connectivity index (χ0) is 12.3. The lowest BCUT2D eigenvalue weighted by molar-refractivity contribution is 1.17. The third kappa shape index (κ3) is 3.49. The van der Waals surface area contributed by atoms with Crippen molar-refractivity contribution in [3.05, 3.63) is 44.8 Å². The molecule has 2 heterocycles. The van der Waals surface area contributed by atoms with Gasteiger partial charge in [-0.15, -0.1) is 11.3 Å². The van der Waals surface area contributed by atoms with E-state index in [9.17, 15) is 0 Å². The Morgan fingerprint density at radius 3 is 2.88 bits per heavy atom. The van der Waals surface area contributed by atoms with Crippen molar-refractivity contribution in [2.75, 3.05) is 5.32 Å². The van der Waals surface area contributed by atoms with Crippen LogP contribution in [-0.2, 0) is 6.54 Å². The molecule has 3 nitrogen and oxygen atoms in total. The number of pyridine rings is 1. The van der Waals surface area contributed by atoms with E-state index < -0.39 is 0 Å². The Morgan fingerprint density at radius 1 is 1.53 bits per heavy atom. The maximum absolute atomic E-state index is 5.48. The van der Waals surface area contributed by atoms with Crippen molar-refractivity contribution in [1.29, 1.82) is 0 Å². The largest absolute Gasteiger partial charge is 0.388 e. The fraction of sp³-hybridized carbons (Fsp3) is 0.0909. The first-order chi connectivity index (χ1) is 8.15. The van der Waals surface area contributed by atoms with Crippen molar-refractivity contribution in [2.24, 2.45) is 5.73 Å². The number of thiocarbonyl (C=S) groups is 1. The minimum atomic E-state index is 0.318. The second kappa shape index (κ2) is 5.57. The summed E-state index contributed by atoms with van der Waals surface area (Å²) in [6.45, 7) is 0.782. The molecular formula is C11H10BrN3S2. The van der Waals surface area contributed by atoms with Gasteiger partial charge in [-0.1, -0.05) is 12.2 Å². The van der Waals surface area contributed by atoms with Crippen LogP contribution in [0.5, 0.6) is 0 Å². The normalized spacial score (nSPS) is 10.2. The van der Waals surface area contributed by atoms with Crippen molar-refractivity contribution < 1.29 is 0 Å². The predicted octanol–water partition coefficient (Wildman–Crippen LogP) is 3.15. The maximum Gasteiger partial charge on any atom is 0.122 e. The lowest BCUT2D eigenvalue weighted by atomic mass is 10.3. The highest BCUT2D eigenvalue weighted by Gasteiger charge is 2.00. The summed E-state index contributed by atoms with van der Waals surface area (Å²) in [4.78, 5) is 5.74. The standard InChI is InChI=1S/C11H10BrN3S2/c12-7-3-9(17-6-7)5-14-8-1-2-10(11(13)16)15-4-8/h1-4,6,14H,5H2,(H2,13,16). The number of anilines is 1. The van der Waals surface area contributed by atoms with Gasteiger partial charge < -0.3 is 11.1 Å². The van der Waals surface area contributed by atoms with Gasteiger partial charge in [0.05, 0.1) is 17.6 Å². The molecule has 6 heteroatoms. The highest BCUT2D eigenvalue weighted by Crippen LogP contribution is 2.20. The Labute approximate surface area is 117 Å². The van der Waals surface area contributed by atoms with E-state index in [4.69, 9.17) is 18.0 Å². The maximum atomic E-state index is 5.48. The first-order valence-corrected chi connectivity index (χ1v) is 6.96. The van der Waals surface area contributed by atoms with Crippen LogP contribution in [0.3, 0.4) is 0 Å². The number of thiophene rings is 1. The molecule has 2 aromatic rings. The first-order valence-electron chi connectivity index (χ1n) is 4.88. The number of halogens is 1. The summed E-state index contributed by atoms with van der Waals surface area (Å²) in [5.74, 6) is 0. The molecule has 0 fully saturated rings. The number of nitrogens with one attached hydrogen (secondary N) is 1. The Kier molecular flexibility index (Phi) is 4.09. The van der Waals surface area contributed by atoms with Crippen LogP contribution in [0.25, 0.3) is 0 Å². The van der Waals surface area contributed by atoms with E-state index >= 15 is 0 Å². The minimum Gasteiger partial charge on any atom is -0.388 e. The van der Waals surface area contributed by atoms with Crippen molar-refractivity contribution in [2.45, 2.75) is 6.54 Å². The van der Waals surface area contributed by atoms with Gasteiger partial charge in [-0.2, -0.15) is 0 Å². The van der Waals surface area contributed by atoms with Gasteiger partial charge in [0.1, 0.15) is 4.99 Å². The molecule has 17 heavy (non-hydrogen) atoms. The van der Waals surface area contributed by atoms with Crippen LogP contribution < -0.4 is 11.1 Å². The average molecular weight is 328 g/mol. The second-order valence-corrected chi connectivity index (χ2v) is 5.73. The van der Waals surface area contributed by atoms with Gasteiger partial charge in [-0.25, -0.2) is 0 Å². The zero-order valence-corrected chi connectivity index (χ0v) is 12.0. The minimum absolute atomic E-state index is 0.318. The van der Waals surface area contributed by atoms with E-state index in [1.54, 1.807) is 17.5 Å². The molecule has 0 spiro atoms. The van der Waals surface area contributed by atoms with Crippen molar-refractivity contribution in [1.82, 2.24) is 4.98 Å². The molecule has 0 unspecified atom stereocenters. The number of hydrogen-bond acceptors (Lipinski definition) is 4. The summed E-state index contributed by atoms with van der Waals surface area (Å²) in [7, 11) is 0. The summed E-state index contributed by atoms with van der Waals surface area (Å²) in [6, 6.07) is 5.83. The molecule has 0 aromatic carbocycles. The molecule has 0 aliphatic carbocycles. The Morgan fingerprint density at radius 2 is 2.35 bits per heavy atom. The number of nitrogens with zero attached hydrogens (tertiary/aromatic N) is 1. The quantitative estimate of drug-likeness (QED) is 0.847. The average Bonchev–Trinajstić information content (AvgIpc) is 2.73. The topological polar surface area (TPSA) is 50.9 Å². The van der Waals surface area contributed by atoms with E-state index in [2.05, 4.69) is 37.7 Å². The Hall–Kier alpha value is -0.980. The fourth-order valence-corrected chi connectivity index (χ4v) is 2.79. The third-order valence-corrected chi connectivity index (χ3v) is 4.01.